The van der Waals surface area contributed by atoms with Crippen molar-refractivity contribution in [1.29, 1.82) is 0 Å². The summed E-state index contributed by atoms with van der Waals surface area (Å²) < 4.78 is 24.1. The Morgan fingerprint density at radius 2 is 1.80 bits per heavy atom. The van der Waals surface area contributed by atoms with Crippen LogP contribution < -0.4 is 19.8 Å². The zero-order valence-electron chi connectivity index (χ0n) is 24.1. The lowest BCUT2D eigenvalue weighted by atomic mass is 9.98. The van der Waals surface area contributed by atoms with Gasteiger partial charge in [0.15, 0.2) is 22.1 Å². The lowest BCUT2D eigenvalue weighted by molar-refractivity contribution is 0.0531. The van der Waals surface area contributed by atoms with Crippen molar-refractivity contribution >= 4 is 55.2 Å². The van der Waals surface area contributed by atoms with Crippen LogP contribution in [0.5, 0.6) is 11.5 Å². The molecule has 1 aliphatic heterocycles. The molecule has 9 nitrogen and oxygen atoms in total. The maximum Gasteiger partial charge on any atom is 0.350 e. The number of esters is 1. The summed E-state index contributed by atoms with van der Waals surface area (Å²) in [5.41, 5.74) is 2.11. The second-order valence-electron chi connectivity index (χ2n) is 9.94. The Kier molecular flexibility index (Phi) is 8.24. The van der Waals surface area contributed by atoms with Crippen LogP contribution in [0.25, 0.3) is 11.0 Å². The number of halogens is 1. The molecule has 1 atom stereocenters. The van der Waals surface area contributed by atoms with E-state index in [-0.39, 0.29) is 39.0 Å². The van der Waals surface area contributed by atoms with E-state index in [0.717, 1.165) is 16.9 Å². The molecule has 0 bridgehead atoms. The summed E-state index contributed by atoms with van der Waals surface area (Å²) in [7, 11) is 0. The summed E-state index contributed by atoms with van der Waals surface area (Å²) in [6.07, 6.45) is 0. The van der Waals surface area contributed by atoms with Crippen LogP contribution in [0, 0.1) is 6.92 Å². The zero-order chi connectivity index (χ0) is 31.0. The average Bonchev–Trinajstić information content (AvgIpc) is 3.54. The fourth-order valence-corrected chi connectivity index (χ4v) is 6.50. The van der Waals surface area contributed by atoms with Crippen molar-refractivity contribution in [3.05, 3.63) is 114 Å². The van der Waals surface area contributed by atoms with E-state index in [1.807, 2.05) is 37.3 Å². The number of carbonyl (C=O) groups excluding carboxylic acids is 2. The van der Waals surface area contributed by atoms with E-state index in [0.29, 0.717) is 45.8 Å². The number of fused-ring (bicyclic) bond motifs is 2. The zero-order valence-corrected chi connectivity index (χ0v) is 26.5. The molecule has 2 aromatic heterocycles. The van der Waals surface area contributed by atoms with E-state index in [1.165, 1.54) is 4.90 Å². The number of thiazole rings is 1. The van der Waals surface area contributed by atoms with Crippen LogP contribution in [-0.2, 0) is 11.3 Å². The molecule has 0 radical (unpaired) electrons. The van der Waals surface area contributed by atoms with Gasteiger partial charge in [-0.2, -0.15) is 0 Å². The van der Waals surface area contributed by atoms with Gasteiger partial charge in [-0.25, -0.2) is 9.78 Å². The molecule has 11 heteroatoms. The maximum atomic E-state index is 14.1. The van der Waals surface area contributed by atoms with Crippen LogP contribution >= 0.6 is 27.3 Å². The van der Waals surface area contributed by atoms with Crippen molar-refractivity contribution in [2.75, 3.05) is 18.1 Å². The summed E-state index contributed by atoms with van der Waals surface area (Å²) in [5, 5.41) is 0.562. The van der Waals surface area contributed by atoms with Crippen molar-refractivity contribution < 1.29 is 28.2 Å². The summed E-state index contributed by atoms with van der Waals surface area (Å²) in [6, 6.07) is 19.2. The Hall–Kier alpha value is -4.48. The average molecular weight is 676 g/mol. The highest BCUT2D eigenvalue weighted by molar-refractivity contribution is 9.10. The molecular formula is C33H27BrN2O7S. The fourth-order valence-electron chi connectivity index (χ4n) is 5.15. The topological polar surface area (TPSA) is 108 Å². The largest absolute Gasteiger partial charge is 0.490 e. The van der Waals surface area contributed by atoms with Crippen LogP contribution in [0.1, 0.15) is 62.5 Å². The Morgan fingerprint density at radius 3 is 2.55 bits per heavy atom. The first kappa shape index (κ1) is 29.6. The van der Waals surface area contributed by atoms with E-state index >= 15 is 0 Å². The van der Waals surface area contributed by atoms with E-state index in [2.05, 4.69) is 20.9 Å². The minimum absolute atomic E-state index is 0.0808. The molecule has 3 aromatic carbocycles. The molecule has 1 aliphatic rings. The van der Waals surface area contributed by atoms with Crippen LogP contribution in [0.4, 0.5) is 5.13 Å². The monoisotopic (exact) mass is 674 g/mol. The fraction of sp³-hybridized carbons (Fsp3) is 0.212. The Bertz CT molecular complexity index is 1950. The SMILES string of the molecule is CCOC(=O)c1sc(N2C(=O)c3oc4ccc(Br)cc4c(=O)c3C2c2ccc(OCc3ccccc3)c(OCC)c2)nc1C. The van der Waals surface area contributed by atoms with Gasteiger partial charge in [0, 0.05) is 4.47 Å². The van der Waals surface area contributed by atoms with Crippen LogP contribution in [-0.4, -0.2) is 30.1 Å². The molecule has 1 unspecified atom stereocenters. The molecule has 224 valence electrons. The predicted molar refractivity (Wildman–Crippen MR) is 170 cm³/mol. The van der Waals surface area contributed by atoms with Gasteiger partial charge in [0.1, 0.15) is 17.1 Å². The van der Waals surface area contributed by atoms with Gasteiger partial charge in [-0.1, -0.05) is 63.7 Å². The molecule has 3 heterocycles. The molecule has 6 rings (SSSR count). The van der Waals surface area contributed by atoms with Gasteiger partial charge >= 0.3 is 5.97 Å². The number of hydrogen-bond acceptors (Lipinski definition) is 9. The highest BCUT2D eigenvalue weighted by Crippen LogP contribution is 2.45. The molecular weight excluding hydrogens is 648 g/mol. The molecule has 0 fully saturated rings. The lowest BCUT2D eigenvalue weighted by Crippen LogP contribution is -2.29. The standard InChI is InChI=1S/C33H27BrN2O7S/c1-4-40-25-15-20(11-13-24(25)42-17-19-9-7-6-8-10-19)27-26-28(37)22-16-21(34)12-14-23(22)43-29(26)31(38)36(27)33-35-18(3)30(44-33)32(39)41-5-2/h6-16,27H,4-5,17H2,1-3H3. The summed E-state index contributed by atoms with van der Waals surface area (Å²) in [6.45, 7) is 6.15. The number of amides is 1. The van der Waals surface area contributed by atoms with Crippen LogP contribution in [0.3, 0.4) is 0 Å². The lowest BCUT2D eigenvalue weighted by Gasteiger charge is -2.23. The third-order valence-corrected chi connectivity index (χ3v) is 8.73. The Labute approximate surface area is 265 Å². The van der Waals surface area contributed by atoms with E-state index in [9.17, 15) is 14.4 Å². The van der Waals surface area contributed by atoms with Gasteiger partial charge < -0.3 is 18.6 Å². The van der Waals surface area contributed by atoms with Gasteiger partial charge in [0.05, 0.1) is 35.9 Å². The Morgan fingerprint density at radius 1 is 1.00 bits per heavy atom. The third-order valence-electron chi connectivity index (χ3n) is 7.10. The number of aromatic nitrogens is 1. The van der Waals surface area contributed by atoms with Crippen molar-refractivity contribution in [3.8, 4) is 11.5 Å². The molecule has 5 aromatic rings. The normalized spacial score (nSPS) is 14.1. The molecule has 1 amide bonds. The minimum Gasteiger partial charge on any atom is -0.490 e. The van der Waals surface area contributed by atoms with Gasteiger partial charge in [-0.15, -0.1) is 0 Å². The second kappa shape index (κ2) is 12.3. The van der Waals surface area contributed by atoms with Crippen molar-refractivity contribution in [2.24, 2.45) is 0 Å². The first-order valence-corrected chi connectivity index (χ1v) is 15.6. The highest BCUT2D eigenvalue weighted by Gasteiger charge is 2.45. The highest BCUT2D eigenvalue weighted by atomic mass is 79.9. The molecule has 0 saturated carbocycles. The minimum atomic E-state index is -0.917. The predicted octanol–water partition coefficient (Wildman–Crippen LogP) is 7.22. The number of nitrogens with zero attached hydrogens (tertiary/aromatic N) is 2. The molecule has 0 aliphatic carbocycles. The van der Waals surface area contributed by atoms with Gasteiger partial charge in [0.25, 0.3) is 5.91 Å². The first-order chi connectivity index (χ1) is 21.3. The third kappa shape index (κ3) is 5.37. The maximum absolute atomic E-state index is 14.1. The molecule has 44 heavy (non-hydrogen) atoms. The number of carbonyl (C=O) groups is 2. The molecule has 0 N–H and O–H groups in total. The van der Waals surface area contributed by atoms with Gasteiger partial charge in [-0.3, -0.25) is 14.5 Å². The van der Waals surface area contributed by atoms with E-state index in [4.69, 9.17) is 18.6 Å². The number of aryl methyl sites for hydroxylation is 1. The van der Waals surface area contributed by atoms with Gasteiger partial charge in [-0.05, 0) is 62.2 Å². The van der Waals surface area contributed by atoms with Crippen molar-refractivity contribution in [3.63, 3.8) is 0 Å². The van der Waals surface area contributed by atoms with E-state index in [1.54, 1.807) is 50.2 Å². The van der Waals surface area contributed by atoms with Gasteiger partial charge in [0.2, 0.25) is 5.76 Å². The summed E-state index contributed by atoms with van der Waals surface area (Å²) in [5.74, 6) is -0.184. The second-order valence-corrected chi connectivity index (χ2v) is 11.8. The Balaban J connectivity index is 1.50. The number of ether oxygens (including phenoxy) is 3. The van der Waals surface area contributed by atoms with Crippen LogP contribution in [0.15, 0.2) is 80.4 Å². The van der Waals surface area contributed by atoms with Crippen LogP contribution in [0.2, 0.25) is 0 Å². The van der Waals surface area contributed by atoms with Crippen molar-refractivity contribution in [2.45, 2.75) is 33.4 Å². The molecule has 0 spiro atoms. The number of rotatable bonds is 9. The molecule has 0 saturated heterocycles. The number of anilines is 1. The summed E-state index contributed by atoms with van der Waals surface area (Å²) >= 11 is 4.46. The number of hydrogen-bond donors (Lipinski definition) is 0. The van der Waals surface area contributed by atoms with E-state index < -0.39 is 17.9 Å². The smallest absolute Gasteiger partial charge is 0.350 e. The quantitative estimate of drug-likeness (QED) is 0.151. The summed E-state index contributed by atoms with van der Waals surface area (Å²) in [4.78, 5) is 47.1. The van der Waals surface area contributed by atoms with Crippen molar-refractivity contribution in [1.82, 2.24) is 4.98 Å². The first-order valence-electron chi connectivity index (χ1n) is 14.0. The number of benzene rings is 3.